The summed E-state index contributed by atoms with van der Waals surface area (Å²) in [4.78, 5) is 11.3. The predicted molar refractivity (Wildman–Crippen MR) is 82.5 cm³/mol. The molecule has 0 aromatic heterocycles. The zero-order valence-corrected chi connectivity index (χ0v) is 14.1. The van der Waals surface area contributed by atoms with Crippen LogP contribution in [0.3, 0.4) is 0 Å². The average Bonchev–Trinajstić information content (AvgIpc) is 2.35. The van der Waals surface area contributed by atoms with Crippen LogP contribution in [0.4, 0.5) is 0 Å². The minimum absolute atomic E-state index is 0.00610. The van der Waals surface area contributed by atoms with Crippen molar-refractivity contribution in [2.75, 3.05) is 13.2 Å². The number of hydrogen-bond acceptors (Lipinski definition) is 4. The minimum Gasteiger partial charge on any atom is -0.482 e. The number of benzene rings is 1. The van der Waals surface area contributed by atoms with Gasteiger partial charge in [-0.1, -0.05) is 25.4 Å². The number of halogens is 2. The lowest BCUT2D eigenvalue weighted by atomic mass is 10.1. The van der Waals surface area contributed by atoms with Gasteiger partial charge in [-0.2, -0.15) is 0 Å². The van der Waals surface area contributed by atoms with Crippen LogP contribution in [0.5, 0.6) is 5.75 Å². The first-order chi connectivity index (χ1) is 9.70. The Morgan fingerprint density at radius 1 is 1.38 bits per heavy atom. The molecule has 0 saturated heterocycles. The fraction of sp³-hybridized carbons (Fsp3) is 0.462. The van der Waals surface area contributed by atoms with Gasteiger partial charge < -0.3 is 10.1 Å². The molecule has 21 heavy (non-hydrogen) atoms. The molecule has 1 aromatic rings. The van der Waals surface area contributed by atoms with E-state index in [1.807, 2.05) is 13.8 Å². The summed E-state index contributed by atoms with van der Waals surface area (Å²) in [5.41, 5.74) is 0. The maximum absolute atomic E-state index is 11.6. The fourth-order valence-electron chi connectivity index (χ4n) is 1.49. The first kappa shape index (κ1) is 18.1. The van der Waals surface area contributed by atoms with Crippen LogP contribution in [0.25, 0.3) is 0 Å². The number of nitrogens with one attached hydrogen (secondary N) is 1. The number of hydrogen-bond donors (Lipinski definition) is 1. The molecule has 1 amide bonds. The Morgan fingerprint density at radius 2 is 2.05 bits per heavy atom. The zero-order chi connectivity index (χ0) is 16.0. The van der Waals surface area contributed by atoms with Crippen molar-refractivity contribution in [3.05, 3.63) is 23.2 Å². The number of carbonyl (C=O) groups is 1. The molecule has 0 bridgehead atoms. The maximum atomic E-state index is 11.6. The van der Waals surface area contributed by atoms with E-state index in [2.05, 4.69) is 5.32 Å². The second-order valence-corrected chi connectivity index (χ2v) is 7.82. The molecule has 0 aliphatic rings. The van der Waals surface area contributed by atoms with Crippen LogP contribution in [0.15, 0.2) is 23.1 Å². The monoisotopic (exact) mass is 353 g/mol. The number of carbonyl (C=O) groups excluding carboxylic acids is 1. The van der Waals surface area contributed by atoms with Gasteiger partial charge in [-0.15, -0.1) is 0 Å². The summed E-state index contributed by atoms with van der Waals surface area (Å²) in [6, 6.07) is 3.99. The summed E-state index contributed by atoms with van der Waals surface area (Å²) in [6.07, 6.45) is 0.855. The maximum Gasteiger partial charge on any atom is 0.265 e. The summed E-state index contributed by atoms with van der Waals surface area (Å²) in [5, 5.41) is 2.89. The van der Waals surface area contributed by atoms with E-state index in [9.17, 15) is 13.2 Å². The Hall–Kier alpha value is -0.980. The molecule has 0 aliphatic carbocycles. The fourth-order valence-corrected chi connectivity index (χ4v) is 2.72. The Morgan fingerprint density at radius 3 is 2.62 bits per heavy atom. The van der Waals surface area contributed by atoms with Crippen LogP contribution >= 0.6 is 22.3 Å². The van der Waals surface area contributed by atoms with Gasteiger partial charge in [-0.25, -0.2) is 8.42 Å². The average molecular weight is 354 g/mol. The molecule has 0 heterocycles. The molecule has 0 unspecified atom stereocenters. The first-order valence-electron chi connectivity index (χ1n) is 6.34. The van der Waals surface area contributed by atoms with E-state index < -0.39 is 9.05 Å². The van der Waals surface area contributed by atoms with Crippen LogP contribution in [0.2, 0.25) is 5.02 Å². The zero-order valence-electron chi connectivity index (χ0n) is 11.7. The van der Waals surface area contributed by atoms with E-state index in [1.165, 1.54) is 18.2 Å². The van der Waals surface area contributed by atoms with Gasteiger partial charge in [0.2, 0.25) is 0 Å². The second kappa shape index (κ2) is 7.87. The second-order valence-electron chi connectivity index (χ2n) is 4.85. The highest BCUT2D eigenvalue weighted by molar-refractivity contribution is 8.13. The van der Waals surface area contributed by atoms with Gasteiger partial charge in [0.05, 0.1) is 0 Å². The Balaban J connectivity index is 2.66. The number of ether oxygens (including phenoxy) is 1. The molecule has 1 N–H and O–H groups in total. The van der Waals surface area contributed by atoms with Crippen molar-refractivity contribution < 1.29 is 17.9 Å². The van der Waals surface area contributed by atoms with Crippen molar-refractivity contribution in [3.63, 3.8) is 0 Å². The van der Waals surface area contributed by atoms with Gasteiger partial charge in [0, 0.05) is 22.2 Å². The highest BCUT2D eigenvalue weighted by atomic mass is 35.7. The molecule has 0 fully saturated rings. The summed E-state index contributed by atoms with van der Waals surface area (Å²) in [6.45, 7) is 4.35. The molecule has 0 saturated carbocycles. The smallest absolute Gasteiger partial charge is 0.265 e. The van der Waals surface area contributed by atoms with Gasteiger partial charge >= 0.3 is 0 Å². The van der Waals surface area contributed by atoms with Crippen LogP contribution in [-0.2, 0) is 13.8 Å². The third-order valence-corrected chi connectivity index (χ3v) is 4.15. The molecule has 0 radical (unpaired) electrons. The lowest BCUT2D eigenvalue weighted by molar-refractivity contribution is -0.123. The van der Waals surface area contributed by atoms with Gasteiger partial charge in [-0.3, -0.25) is 4.79 Å². The summed E-state index contributed by atoms with van der Waals surface area (Å²) in [7, 11) is 1.30. The summed E-state index contributed by atoms with van der Waals surface area (Å²) >= 11 is 5.73. The van der Waals surface area contributed by atoms with Crippen LogP contribution in [0, 0.1) is 5.92 Å². The quantitative estimate of drug-likeness (QED) is 0.765. The van der Waals surface area contributed by atoms with E-state index in [0.717, 1.165) is 6.42 Å². The molecule has 0 aliphatic heterocycles. The third kappa shape index (κ3) is 6.54. The van der Waals surface area contributed by atoms with Gasteiger partial charge in [0.25, 0.3) is 15.0 Å². The van der Waals surface area contributed by atoms with E-state index in [4.69, 9.17) is 27.0 Å². The van der Waals surface area contributed by atoms with E-state index in [-0.39, 0.29) is 28.2 Å². The van der Waals surface area contributed by atoms with Crippen molar-refractivity contribution in [1.29, 1.82) is 0 Å². The van der Waals surface area contributed by atoms with E-state index in [1.54, 1.807) is 0 Å². The summed E-state index contributed by atoms with van der Waals surface area (Å²) in [5.74, 6) is 0.146. The topological polar surface area (TPSA) is 72.5 Å². The van der Waals surface area contributed by atoms with Crippen molar-refractivity contribution in [2.45, 2.75) is 25.2 Å². The molecular weight excluding hydrogens is 337 g/mol. The lowest BCUT2D eigenvalue weighted by Crippen LogP contribution is -2.30. The molecule has 118 valence electrons. The summed E-state index contributed by atoms with van der Waals surface area (Å²) < 4.78 is 28.1. The lowest BCUT2D eigenvalue weighted by Gasteiger charge is -2.11. The number of rotatable bonds is 7. The SMILES string of the molecule is CC(C)CCNC(=O)COc1ccc(Cl)cc1S(=O)(=O)Cl. The molecule has 1 rings (SSSR count). The van der Waals surface area contributed by atoms with E-state index in [0.29, 0.717) is 12.5 Å². The predicted octanol–water partition coefficient (Wildman–Crippen LogP) is 2.81. The van der Waals surface area contributed by atoms with Gasteiger partial charge in [0.15, 0.2) is 6.61 Å². The van der Waals surface area contributed by atoms with Crippen LogP contribution < -0.4 is 10.1 Å². The number of amides is 1. The third-order valence-electron chi connectivity index (χ3n) is 2.57. The van der Waals surface area contributed by atoms with Crippen molar-refractivity contribution in [3.8, 4) is 5.75 Å². The molecule has 0 spiro atoms. The first-order valence-corrected chi connectivity index (χ1v) is 9.02. The van der Waals surface area contributed by atoms with Crippen LogP contribution in [-0.4, -0.2) is 27.5 Å². The van der Waals surface area contributed by atoms with Crippen LogP contribution in [0.1, 0.15) is 20.3 Å². The van der Waals surface area contributed by atoms with Gasteiger partial charge in [-0.05, 0) is 30.5 Å². The molecule has 8 heteroatoms. The minimum atomic E-state index is -4.00. The Labute approximate surface area is 134 Å². The van der Waals surface area contributed by atoms with Gasteiger partial charge in [0.1, 0.15) is 10.6 Å². The Bertz CT molecular complexity index is 602. The van der Waals surface area contributed by atoms with Crippen molar-refractivity contribution >= 4 is 37.2 Å². The standard InChI is InChI=1S/C13H17Cl2NO4S/c1-9(2)5-6-16-13(17)8-20-11-4-3-10(14)7-12(11)21(15,18)19/h3-4,7,9H,5-6,8H2,1-2H3,(H,16,17). The van der Waals surface area contributed by atoms with Crippen molar-refractivity contribution in [1.82, 2.24) is 5.32 Å². The largest absolute Gasteiger partial charge is 0.482 e. The molecular formula is C13H17Cl2NO4S. The van der Waals surface area contributed by atoms with Crippen molar-refractivity contribution in [2.24, 2.45) is 5.92 Å². The Kier molecular flexibility index (Phi) is 6.77. The molecule has 5 nitrogen and oxygen atoms in total. The highest BCUT2D eigenvalue weighted by Gasteiger charge is 2.18. The van der Waals surface area contributed by atoms with E-state index >= 15 is 0 Å². The highest BCUT2D eigenvalue weighted by Crippen LogP contribution is 2.29. The molecule has 0 atom stereocenters. The molecule has 1 aromatic carbocycles. The normalized spacial score (nSPS) is 11.5.